The standard InChI is InChI=1S/C13H20N4S/c1-3-12-5-6-13(18-12)11(2)14-7-4-9-17-10-8-15-16-17/h5-6,8,10-11,14H,3-4,7,9H2,1-2H3. The van der Waals surface area contributed by atoms with Crippen LogP contribution in [0.3, 0.4) is 0 Å². The summed E-state index contributed by atoms with van der Waals surface area (Å²) in [4.78, 5) is 2.88. The molecule has 0 fully saturated rings. The summed E-state index contributed by atoms with van der Waals surface area (Å²) in [5, 5.41) is 11.3. The van der Waals surface area contributed by atoms with Crippen molar-refractivity contribution in [1.29, 1.82) is 0 Å². The summed E-state index contributed by atoms with van der Waals surface area (Å²) >= 11 is 1.91. The van der Waals surface area contributed by atoms with Gasteiger partial charge in [-0.3, -0.25) is 4.68 Å². The van der Waals surface area contributed by atoms with Gasteiger partial charge in [-0.15, -0.1) is 16.4 Å². The smallest absolute Gasteiger partial charge is 0.0692 e. The van der Waals surface area contributed by atoms with Crippen LogP contribution in [0.15, 0.2) is 24.5 Å². The lowest BCUT2D eigenvalue weighted by Crippen LogP contribution is -2.20. The Morgan fingerprint density at radius 2 is 2.33 bits per heavy atom. The maximum absolute atomic E-state index is 3.95. The van der Waals surface area contributed by atoms with Crippen LogP contribution < -0.4 is 5.32 Å². The molecule has 0 aliphatic carbocycles. The summed E-state index contributed by atoms with van der Waals surface area (Å²) in [6.07, 6.45) is 5.81. The number of hydrogen-bond donors (Lipinski definition) is 1. The summed E-state index contributed by atoms with van der Waals surface area (Å²) in [5.41, 5.74) is 0. The molecule has 2 heterocycles. The molecular formula is C13H20N4S. The van der Waals surface area contributed by atoms with Gasteiger partial charge < -0.3 is 5.32 Å². The van der Waals surface area contributed by atoms with E-state index >= 15 is 0 Å². The van der Waals surface area contributed by atoms with E-state index in [9.17, 15) is 0 Å². The number of aromatic nitrogens is 3. The molecule has 4 nitrogen and oxygen atoms in total. The van der Waals surface area contributed by atoms with Crippen LogP contribution in [0, 0.1) is 0 Å². The lowest BCUT2D eigenvalue weighted by atomic mass is 10.2. The van der Waals surface area contributed by atoms with E-state index in [-0.39, 0.29) is 0 Å². The van der Waals surface area contributed by atoms with E-state index in [1.165, 1.54) is 9.75 Å². The van der Waals surface area contributed by atoms with E-state index in [1.807, 2.05) is 22.2 Å². The Hall–Kier alpha value is -1.20. The number of hydrogen-bond acceptors (Lipinski definition) is 4. The summed E-state index contributed by atoms with van der Waals surface area (Å²) in [7, 11) is 0. The molecule has 0 aromatic carbocycles. The molecule has 0 spiro atoms. The van der Waals surface area contributed by atoms with Crippen molar-refractivity contribution in [3.8, 4) is 0 Å². The average molecular weight is 264 g/mol. The Morgan fingerprint density at radius 1 is 1.44 bits per heavy atom. The van der Waals surface area contributed by atoms with E-state index in [4.69, 9.17) is 0 Å². The number of thiophene rings is 1. The minimum Gasteiger partial charge on any atom is -0.309 e. The zero-order valence-electron chi connectivity index (χ0n) is 11.0. The SMILES string of the molecule is CCc1ccc(C(C)NCCCn2ccnn2)s1. The fraction of sp³-hybridized carbons (Fsp3) is 0.538. The normalized spacial score (nSPS) is 12.8. The monoisotopic (exact) mass is 264 g/mol. The van der Waals surface area contributed by atoms with Crippen molar-refractivity contribution < 1.29 is 0 Å². The van der Waals surface area contributed by atoms with Crippen molar-refractivity contribution in [3.63, 3.8) is 0 Å². The fourth-order valence-corrected chi connectivity index (χ4v) is 2.81. The molecule has 0 amide bonds. The molecule has 1 unspecified atom stereocenters. The van der Waals surface area contributed by atoms with E-state index in [1.54, 1.807) is 6.20 Å². The molecule has 5 heteroatoms. The average Bonchev–Trinajstić information content (AvgIpc) is 3.05. The zero-order chi connectivity index (χ0) is 12.8. The first kappa shape index (κ1) is 13.2. The minimum absolute atomic E-state index is 0.436. The van der Waals surface area contributed by atoms with E-state index < -0.39 is 0 Å². The van der Waals surface area contributed by atoms with Crippen LogP contribution in [0.4, 0.5) is 0 Å². The molecule has 2 rings (SSSR count). The fourth-order valence-electron chi connectivity index (χ4n) is 1.83. The van der Waals surface area contributed by atoms with Gasteiger partial charge in [-0.05, 0) is 38.4 Å². The van der Waals surface area contributed by atoms with Gasteiger partial charge in [0.05, 0.1) is 6.20 Å². The van der Waals surface area contributed by atoms with Gasteiger partial charge in [0.15, 0.2) is 0 Å². The summed E-state index contributed by atoms with van der Waals surface area (Å²) < 4.78 is 1.87. The van der Waals surface area contributed by atoms with Crippen LogP contribution in [0.25, 0.3) is 0 Å². The van der Waals surface area contributed by atoms with E-state index in [2.05, 4.69) is 41.6 Å². The van der Waals surface area contributed by atoms with Gasteiger partial charge in [-0.2, -0.15) is 0 Å². The van der Waals surface area contributed by atoms with Gasteiger partial charge in [0, 0.05) is 28.5 Å². The van der Waals surface area contributed by atoms with Crippen molar-refractivity contribution in [2.75, 3.05) is 6.54 Å². The molecule has 0 bridgehead atoms. The van der Waals surface area contributed by atoms with Crippen LogP contribution >= 0.6 is 11.3 Å². The third-order valence-corrected chi connectivity index (χ3v) is 4.36. The van der Waals surface area contributed by atoms with Crippen molar-refractivity contribution in [3.05, 3.63) is 34.3 Å². The van der Waals surface area contributed by atoms with Gasteiger partial charge in [-0.25, -0.2) is 0 Å². The summed E-state index contributed by atoms with van der Waals surface area (Å²) in [5.74, 6) is 0. The molecule has 2 aromatic rings. The first-order valence-electron chi connectivity index (χ1n) is 6.45. The molecule has 1 atom stereocenters. The maximum atomic E-state index is 3.95. The predicted molar refractivity (Wildman–Crippen MR) is 74.8 cm³/mol. The number of rotatable bonds is 7. The van der Waals surface area contributed by atoms with Crippen molar-refractivity contribution in [1.82, 2.24) is 20.3 Å². The van der Waals surface area contributed by atoms with Gasteiger partial charge >= 0.3 is 0 Å². The second-order valence-corrected chi connectivity index (χ2v) is 5.55. The second-order valence-electron chi connectivity index (χ2n) is 4.35. The largest absolute Gasteiger partial charge is 0.309 e. The first-order chi connectivity index (χ1) is 8.79. The Labute approximate surface area is 112 Å². The van der Waals surface area contributed by atoms with E-state index in [0.29, 0.717) is 6.04 Å². The van der Waals surface area contributed by atoms with Crippen molar-refractivity contribution in [2.24, 2.45) is 0 Å². The Kier molecular flexibility index (Phi) is 4.90. The lowest BCUT2D eigenvalue weighted by Gasteiger charge is -2.11. The molecule has 2 aromatic heterocycles. The molecule has 98 valence electrons. The molecule has 18 heavy (non-hydrogen) atoms. The number of nitrogens with one attached hydrogen (secondary N) is 1. The highest BCUT2D eigenvalue weighted by Gasteiger charge is 2.07. The molecule has 0 aliphatic heterocycles. The van der Waals surface area contributed by atoms with Crippen LogP contribution in [0.5, 0.6) is 0 Å². The highest BCUT2D eigenvalue weighted by atomic mass is 32.1. The predicted octanol–water partition coefficient (Wildman–Crippen LogP) is 2.64. The van der Waals surface area contributed by atoms with Crippen LogP contribution in [-0.2, 0) is 13.0 Å². The Morgan fingerprint density at radius 3 is 3.00 bits per heavy atom. The molecular weight excluding hydrogens is 244 g/mol. The quantitative estimate of drug-likeness (QED) is 0.782. The molecule has 1 N–H and O–H groups in total. The summed E-state index contributed by atoms with van der Waals surface area (Å²) in [6, 6.07) is 4.90. The first-order valence-corrected chi connectivity index (χ1v) is 7.27. The Balaban J connectivity index is 1.69. The maximum Gasteiger partial charge on any atom is 0.0692 e. The van der Waals surface area contributed by atoms with E-state index in [0.717, 1.165) is 25.9 Å². The van der Waals surface area contributed by atoms with Crippen molar-refractivity contribution in [2.45, 2.75) is 39.3 Å². The molecule has 0 saturated carbocycles. The second kappa shape index (κ2) is 6.66. The van der Waals surface area contributed by atoms with Gasteiger partial charge in [0.1, 0.15) is 0 Å². The Bertz CT molecular complexity index is 449. The van der Waals surface area contributed by atoms with Gasteiger partial charge in [0.25, 0.3) is 0 Å². The topological polar surface area (TPSA) is 42.7 Å². The lowest BCUT2D eigenvalue weighted by molar-refractivity contribution is 0.502. The molecule has 0 saturated heterocycles. The minimum atomic E-state index is 0.436. The number of nitrogens with zero attached hydrogens (tertiary/aromatic N) is 3. The molecule has 0 radical (unpaired) electrons. The van der Waals surface area contributed by atoms with Gasteiger partial charge in [-0.1, -0.05) is 12.1 Å². The highest BCUT2D eigenvalue weighted by molar-refractivity contribution is 7.12. The van der Waals surface area contributed by atoms with Crippen molar-refractivity contribution >= 4 is 11.3 Å². The zero-order valence-corrected chi connectivity index (χ0v) is 11.8. The van der Waals surface area contributed by atoms with Crippen LogP contribution in [-0.4, -0.2) is 21.5 Å². The van der Waals surface area contributed by atoms with Crippen LogP contribution in [0.1, 0.15) is 36.1 Å². The third kappa shape index (κ3) is 3.65. The molecule has 0 aliphatic rings. The number of aryl methyl sites for hydroxylation is 2. The highest BCUT2D eigenvalue weighted by Crippen LogP contribution is 2.23. The third-order valence-electron chi connectivity index (χ3n) is 2.94. The summed E-state index contributed by atoms with van der Waals surface area (Å²) in [6.45, 7) is 6.34. The van der Waals surface area contributed by atoms with Crippen LogP contribution in [0.2, 0.25) is 0 Å². The van der Waals surface area contributed by atoms with Gasteiger partial charge in [0.2, 0.25) is 0 Å².